The monoisotopic (exact) mass is 303 g/mol. The Morgan fingerprint density at radius 2 is 2.19 bits per heavy atom. The summed E-state index contributed by atoms with van der Waals surface area (Å²) in [5.74, 6) is -0.0697. The van der Waals surface area contributed by atoms with Crippen molar-refractivity contribution in [2.24, 2.45) is 0 Å². The van der Waals surface area contributed by atoms with Gasteiger partial charge in [0.15, 0.2) is 0 Å². The number of aromatic nitrogens is 2. The first-order valence-corrected chi connectivity index (χ1v) is 7.74. The van der Waals surface area contributed by atoms with Crippen LogP contribution in [0.3, 0.4) is 0 Å². The van der Waals surface area contributed by atoms with Crippen LogP contribution < -0.4 is 5.32 Å². The molecule has 2 atom stereocenters. The van der Waals surface area contributed by atoms with Gasteiger partial charge in [0.05, 0.1) is 17.8 Å². The maximum Gasteiger partial charge on any atom is 0.265 e. The number of hydrogen-bond acceptors (Lipinski definition) is 5. The Balaban J connectivity index is 1.84. The van der Waals surface area contributed by atoms with Crippen LogP contribution in [0.1, 0.15) is 52.3 Å². The average Bonchev–Trinajstić information content (AvgIpc) is 3.04. The number of rotatable bonds is 3. The first-order valence-electron chi connectivity index (χ1n) is 6.97. The van der Waals surface area contributed by atoms with Crippen molar-refractivity contribution in [1.29, 1.82) is 0 Å². The van der Waals surface area contributed by atoms with Crippen LogP contribution in [0.5, 0.6) is 0 Å². The highest BCUT2D eigenvalue weighted by Gasteiger charge is 2.33. The zero-order valence-electron chi connectivity index (χ0n) is 11.9. The van der Waals surface area contributed by atoms with Crippen LogP contribution in [0.4, 0.5) is 0 Å². The van der Waals surface area contributed by atoms with Crippen LogP contribution in [-0.4, -0.2) is 26.7 Å². The molecule has 2 N–H and O–H groups in total. The van der Waals surface area contributed by atoms with E-state index in [4.69, 9.17) is 0 Å². The Morgan fingerprint density at radius 3 is 2.95 bits per heavy atom. The highest BCUT2D eigenvalue weighted by molar-refractivity contribution is 7.08. The summed E-state index contributed by atoms with van der Waals surface area (Å²) < 4.78 is 3.87. The molecule has 0 unspecified atom stereocenters. The van der Waals surface area contributed by atoms with Crippen molar-refractivity contribution in [1.82, 2.24) is 14.9 Å². The van der Waals surface area contributed by atoms with Crippen molar-refractivity contribution < 1.29 is 9.90 Å². The number of benzene rings is 1. The van der Waals surface area contributed by atoms with Gasteiger partial charge in [-0.05, 0) is 28.6 Å². The number of nitrogens with one attached hydrogen (secondary N) is 1. The third-order valence-electron chi connectivity index (χ3n) is 3.76. The molecule has 1 aromatic heterocycles. The molecule has 0 radical (unpaired) electrons. The molecule has 1 amide bonds. The van der Waals surface area contributed by atoms with Gasteiger partial charge >= 0.3 is 0 Å². The van der Waals surface area contributed by atoms with E-state index in [2.05, 4.69) is 14.9 Å². The highest BCUT2D eigenvalue weighted by Crippen LogP contribution is 2.32. The van der Waals surface area contributed by atoms with E-state index in [-0.39, 0.29) is 17.9 Å². The molecule has 5 nitrogen and oxygen atoms in total. The molecular formula is C15H17N3O2S. The number of aliphatic hydroxyl groups is 1. The second-order valence-corrected chi connectivity index (χ2v) is 6.32. The van der Waals surface area contributed by atoms with Crippen LogP contribution in [0, 0.1) is 0 Å². The predicted molar refractivity (Wildman–Crippen MR) is 80.4 cm³/mol. The van der Waals surface area contributed by atoms with Gasteiger partial charge < -0.3 is 10.4 Å². The summed E-state index contributed by atoms with van der Waals surface area (Å²) in [5.41, 5.74) is 2.78. The topological polar surface area (TPSA) is 75.1 Å². The van der Waals surface area contributed by atoms with Gasteiger partial charge in [-0.2, -0.15) is 0 Å². The fraction of sp³-hybridized carbons (Fsp3) is 0.400. The Hall–Kier alpha value is -1.79. The number of amides is 1. The van der Waals surface area contributed by atoms with Crippen molar-refractivity contribution in [2.75, 3.05) is 0 Å². The van der Waals surface area contributed by atoms with Crippen LogP contribution in [0.15, 0.2) is 24.3 Å². The third kappa shape index (κ3) is 2.56. The summed E-state index contributed by atoms with van der Waals surface area (Å²) in [6, 6.07) is 7.43. The van der Waals surface area contributed by atoms with E-state index in [1.54, 1.807) is 0 Å². The van der Waals surface area contributed by atoms with Gasteiger partial charge in [-0.25, -0.2) is 0 Å². The minimum absolute atomic E-state index is 0.144. The van der Waals surface area contributed by atoms with Crippen molar-refractivity contribution in [3.63, 3.8) is 0 Å². The summed E-state index contributed by atoms with van der Waals surface area (Å²) in [6.45, 7) is 3.96. The molecule has 0 saturated heterocycles. The van der Waals surface area contributed by atoms with Gasteiger partial charge in [-0.1, -0.05) is 42.6 Å². The lowest BCUT2D eigenvalue weighted by Crippen LogP contribution is -2.34. The molecular weight excluding hydrogens is 286 g/mol. The van der Waals surface area contributed by atoms with Crippen LogP contribution in [0.2, 0.25) is 0 Å². The molecule has 0 fully saturated rings. The van der Waals surface area contributed by atoms with E-state index in [0.29, 0.717) is 17.0 Å². The minimum Gasteiger partial charge on any atom is -0.390 e. The number of nitrogens with zero attached hydrogens (tertiary/aromatic N) is 2. The average molecular weight is 303 g/mol. The highest BCUT2D eigenvalue weighted by atomic mass is 32.1. The van der Waals surface area contributed by atoms with Gasteiger partial charge in [0, 0.05) is 6.42 Å². The molecule has 2 aromatic rings. The van der Waals surface area contributed by atoms with E-state index < -0.39 is 6.10 Å². The largest absolute Gasteiger partial charge is 0.390 e. The lowest BCUT2D eigenvalue weighted by Gasteiger charge is -2.17. The van der Waals surface area contributed by atoms with Crippen LogP contribution >= 0.6 is 11.5 Å². The van der Waals surface area contributed by atoms with Crippen molar-refractivity contribution in [3.05, 3.63) is 46.0 Å². The molecule has 1 aliphatic carbocycles. The second kappa shape index (κ2) is 5.54. The molecule has 110 valence electrons. The predicted octanol–water partition coefficient (Wildman–Crippen LogP) is 2.05. The molecule has 0 saturated carbocycles. The summed E-state index contributed by atoms with van der Waals surface area (Å²) in [6.07, 6.45) is -0.0197. The van der Waals surface area contributed by atoms with Gasteiger partial charge in [0.1, 0.15) is 4.88 Å². The second-order valence-electron chi connectivity index (χ2n) is 5.56. The molecule has 3 rings (SSSR count). The lowest BCUT2D eigenvalue weighted by molar-refractivity contribution is 0.0860. The molecule has 0 spiro atoms. The number of hydrogen-bond donors (Lipinski definition) is 2. The minimum atomic E-state index is -0.588. The summed E-state index contributed by atoms with van der Waals surface area (Å²) in [5, 5.41) is 17.1. The molecule has 6 heteroatoms. The van der Waals surface area contributed by atoms with Gasteiger partial charge in [0.25, 0.3) is 5.91 Å². The maximum absolute atomic E-state index is 12.5. The first-order chi connectivity index (χ1) is 10.1. The Bertz CT molecular complexity index is 668. The number of carbonyl (C=O) groups excluding carboxylic acids is 1. The third-order valence-corrected chi connectivity index (χ3v) is 4.50. The van der Waals surface area contributed by atoms with Gasteiger partial charge in [-0.15, -0.1) is 5.10 Å². The summed E-state index contributed by atoms with van der Waals surface area (Å²) >= 11 is 1.10. The van der Waals surface area contributed by atoms with E-state index >= 15 is 0 Å². The summed E-state index contributed by atoms with van der Waals surface area (Å²) in [7, 11) is 0. The van der Waals surface area contributed by atoms with Crippen LogP contribution in [0.25, 0.3) is 0 Å². The first kappa shape index (κ1) is 14.2. The SMILES string of the molecule is CC(C)c1nnsc1C(=O)N[C@@H]1c2ccccc2C[C@@H]1O. The van der Waals surface area contributed by atoms with E-state index in [9.17, 15) is 9.90 Å². The number of aliphatic hydroxyl groups excluding tert-OH is 1. The van der Waals surface area contributed by atoms with Crippen LogP contribution in [-0.2, 0) is 6.42 Å². The summed E-state index contributed by atoms with van der Waals surface area (Å²) in [4.78, 5) is 13.0. The van der Waals surface area contributed by atoms with Crippen molar-refractivity contribution >= 4 is 17.4 Å². The van der Waals surface area contributed by atoms with Crippen molar-refractivity contribution in [3.8, 4) is 0 Å². The molecule has 1 aromatic carbocycles. The van der Waals surface area contributed by atoms with Gasteiger partial charge in [0.2, 0.25) is 0 Å². The lowest BCUT2D eigenvalue weighted by atomic mass is 10.1. The molecule has 1 heterocycles. The zero-order chi connectivity index (χ0) is 15.0. The smallest absolute Gasteiger partial charge is 0.265 e. The standard InChI is InChI=1S/C15H17N3O2S/c1-8(2)12-14(21-18-17-12)15(20)16-13-10-6-4-3-5-9(10)7-11(13)19/h3-6,8,11,13,19H,7H2,1-2H3,(H,16,20)/t11-,13+/m0/s1. The Labute approximate surface area is 127 Å². The van der Waals surface area contributed by atoms with E-state index in [0.717, 1.165) is 22.7 Å². The molecule has 1 aliphatic rings. The normalized spacial score (nSPS) is 20.6. The van der Waals surface area contributed by atoms with E-state index in [1.165, 1.54) is 0 Å². The number of fused-ring (bicyclic) bond motifs is 1. The molecule has 21 heavy (non-hydrogen) atoms. The Kier molecular flexibility index (Phi) is 3.73. The fourth-order valence-electron chi connectivity index (χ4n) is 2.69. The van der Waals surface area contributed by atoms with E-state index in [1.807, 2.05) is 38.1 Å². The van der Waals surface area contributed by atoms with Crippen molar-refractivity contribution in [2.45, 2.75) is 38.3 Å². The Morgan fingerprint density at radius 1 is 1.43 bits per heavy atom. The zero-order valence-corrected chi connectivity index (χ0v) is 12.7. The molecule has 0 aliphatic heterocycles. The van der Waals surface area contributed by atoms with Gasteiger partial charge in [-0.3, -0.25) is 4.79 Å². The molecule has 0 bridgehead atoms. The quantitative estimate of drug-likeness (QED) is 0.910. The fourth-order valence-corrected chi connectivity index (χ4v) is 3.41. The number of carbonyl (C=O) groups is 1. The maximum atomic E-state index is 12.5.